The Labute approximate surface area is 680 Å². The Morgan fingerprint density at radius 3 is 0.933 bits per heavy atom. The molecule has 5 aromatic heterocycles. The van der Waals surface area contributed by atoms with Gasteiger partial charge in [-0.2, -0.15) is 0 Å². The molecule has 0 aliphatic carbocycles. The minimum absolute atomic E-state index is 0. The third-order valence-corrected chi connectivity index (χ3v) is 15.2. The molecular formula is C92H72Ir5N5O2-5. The summed E-state index contributed by atoms with van der Waals surface area (Å²) < 4.78 is 0. The van der Waals surface area contributed by atoms with Crippen LogP contribution in [0.15, 0.2) is 364 Å². The van der Waals surface area contributed by atoms with E-state index in [2.05, 4.69) is 208 Å². The molecule has 15 aromatic rings. The molecule has 0 atom stereocenters. The van der Waals surface area contributed by atoms with Crippen molar-refractivity contribution in [1.82, 2.24) is 24.9 Å². The fourth-order valence-electron chi connectivity index (χ4n) is 10.2. The quantitative estimate of drug-likeness (QED) is 0.0782. The second-order valence-corrected chi connectivity index (χ2v) is 22.8. The van der Waals surface area contributed by atoms with E-state index in [1.807, 2.05) is 208 Å². The number of pyridine rings is 5. The van der Waals surface area contributed by atoms with Crippen LogP contribution in [0.4, 0.5) is 0 Å². The molecule has 10 aromatic carbocycles. The van der Waals surface area contributed by atoms with Crippen molar-refractivity contribution in [3.63, 3.8) is 0 Å². The Morgan fingerprint density at radius 2 is 0.615 bits per heavy atom. The number of nitrogens with zero attached hydrogens (tertiary/aromatic N) is 5. The van der Waals surface area contributed by atoms with E-state index in [1.165, 1.54) is 75.6 Å². The first-order valence-electron chi connectivity index (χ1n) is 32.4. The molecule has 5 radical (unpaired) electrons. The first-order chi connectivity index (χ1) is 48.6. The van der Waals surface area contributed by atoms with Gasteiger partial charge in [0.1, 0.15) is 0 Å². The maximum atomic E-state index is 10.0. The normalized spacial score (nSPS) is 9.87. The van der Waals surface area contributed by atoms with Crippen molar-refractivity contribution >= 4 is 5.78 Å². The fraction of sp³-hybridized carbons (Fsp3) is 0.0435. The average Bonchev–Trinajstić information content (AvgIpc) is 0.860. The molecule has 0 aliphatic heterocycles. The van der Waals surface area contributed by atoms with Crippen LogP contribution < -0.4 is 0 Å². The van der Waals surface area contributed by atoms with Crippen molar-refractivity contribution in [1.29, 1.82) is 0 Å². The van der Waals surface area contributed by atoms with Crippen molar-refractivity contribution in [2.75, 3.05) is 0 Å². The number of allylic oxidation sites excluding steroid dienone is 2. The van der Waals surface area contributed by atoms with Crippen LogP contribution in [0.5, 0.6) is 0 Å². The van der Waals surface area contributed by atoms with Crippen LogP contribution in [-0.2, 0) is 105 Å². The Kier molecular flexibility index (Phi) is 37.8. The summed E-state index contributed by atoms with van der Waals surface area (Å²) >= 11 is 0. The van der Waals surface area contributed by atoms with E-state index in [-0.39, 0.29) is 112 Å². The largest absolute Gasteiger partial charge is 0.512 e. The number of aliphatic hydroxyl groups excluding tert-OH is 1. The second kappa shape index (κ2) is 46.2. The molecule has 0 amide bonds. The van der Waals surface area contributed by atoms with Crippen LogP contribution in [0.2, 0.25) is 0 Å². The molecule has 12 heteroatoms. The van der Waals surface area contributed by atoms with Gasteiger partial charge in [-0.05, 0) is 113 Å². The summed E-state index contributed by atoms with van der Waals surface area (Å²) in [4.78, 5) is 32.2. The van der Waals surface area contributed by atoms with Gasteiger partial charge in [-0.3, -0.25) is 4.79 Å². The van der Waals surface area contributed by atoms with Crippen LogP contribution in [-0.4, -0.2) is 35.8 Å². The van der Waals surface area contributed by atoms with Gasteiger partial charge in [0, 0.05) is 138 Å². The van der Waals surface area contributed by atoms with Gasteiger partial charge in [0.25, 0.3) is 0 Å². The van der Waals surface area contributed by atoms with Crippen molar-refractivity contribution in [2.45, 2.75) is 27.7 Å². The number of aromatic nitrogens is 5. The van der Waals surface area contributed by atoms with Crippen LogP contribution in [0.3, 0.4) is 0 Å². The van der Waals surface area contributed by atoms with E-state index in [9.17, 15) is 4.79 Å². The van der Waals surface area contributed by atoms with Crippen LogP contribution >= 0.6 is 0 Å². The van der Waals surface area contributed by atoms with E-state index in [0.29, 0.717) is 0 Å². The van der Waals surface area contributed by atoms with E-state index in [0.717, 1.165) is 67.4 Å². The zero-order valence-corrected chi connectivity index (χ0v) is 69.3. The SMILES string of the molecule is CC(=O)C=C(C)O.Cc1ccc(-c2[c-]ccc(-c3ccccc3)c2)nc1.Cc1ccnc(-c2[c-]ccc(-c3ccccc3)c2)c1.[Ir].[Ir].[Ir].[Ir].[Ir].[c-]1ccc(-c2ccccc2)cc1-c1ccccn1.[c-]1ccccc1-c1ccc(-c2ccccc2)cn1.[c-]1ccccc1-c1ccc(-c2ccccc2)cn1. The molecule has 7 nitrogen and oxygen atoms in total. The Morgan fingerprint density at radius 1 is 0.279 bits per heavy atom. The van der Waals surface area contributed by atoms with E-state index in [1.54, 1.807) is 6.20 Å². The predicted molar refractivity (Wildman–Crippen MR) is 406 cm³/mol. The number of aliphatic hydroxyl groups is 1. The standard InChI is InChI=1S/2C18H14N.3C17H12N.C5H8O2.5Ir/c1-14-10-11-18(19-13-14)17-9-5-8-16(12-17)15-6-3-2-4-7-15;1-14-10-11-19-18(12-14)17-9-5-8-16(13-17)15-6-3-2-4-7-15;2*1-3-7-14(8-4-1)16-11-12-17(18-13-16)15-9-5-2-6-10-15;1-2-7-14(8-3-1)15-9-6-10-16(13-15)17-11-4-5-12-18-17;1-4(6)3-5(2)7;;;;;/h2*2-8,10-13H,1H3;3*1-9,11-13H;3,6H,1-2H3;;;;;/q5*-1;;;;;;. The van der Waals surface area contributed by atoms with Gasteiger partial charge in [0.2, 0.25) is 0 Å². The van der Waals surface area contributed by atoms with Crippen molar-refractivity contribution in [3.05, 3.63) is 406 Å². The summed E-state index contributed by atoms with van der Waals surface area (Å²) in [6.07, 6.45) is 10.5. The molecule has 1 N–H and O–H groups in total. The fourth-order valence-corrected chi connectivity index (χ4v) is 10.2. The van der Waals surface area contributed by atoms with Crippen molar-refractivity contribution in [2.24, 2.45) is 0 Å². The first-order valence-corrected chi connectivity index (χ1v) is 32.4. The van der Waals surface area contributed by atoms with E-state index >= 15 is 0 Å². The van der Waals surface area contributed by atoms with Crippen molar-refractivity contribution in [3.8, 4) is 112 Å². The summed E-state index contributed by atoms with van der Waals surface area (Å²) in [6.45, 7) is 6.97. The van der Waals surface area contributed by atoms with Crippen LogP contribution in [0.25, 0.3) is 112 Å². The number of hydrogen-bond donors (Lipinski definition) is 1. The molecule has 0 fully saturated rings. The number of ketones is 1. The van der Waals surface area contributed by atoms with Crippen LogP contribution in [0, 0.1) is 44.2 Å². The Hall–Kier alpha value is -9.59. The summed E-state index contributed by atoms with van der Waals surface area (Å²) in [5.41, 5.74) is 24.2. The molecule has 15 rings (SSSR count). The number of hydrogen-bond acceptors (Lipinski definition) is 7. The molecule has 0 spiro atoms. The van der Waals surface area contributed by atoms with Gasteiger partial charge in [0.05, 0.1) is 5.76 Å². The van der Waals surface area contributed by atoms with Crippen LogP contribution in [0.1, 0.15) is 25.0 Å². The maximum Gasteiger partial charge on any atom is 0.155 e. The molecule has 5 heterocycles. The summed E-state index contributed by atoms with van der Waals surface area (Å²) in [5, 5.41) is 8.36. The monoisotopic (exact) mass is 2240 g/mol. The maximum absolute atomic E-state index is 10.0. The molecule has 0 unspecified atom stereocenters. The molecule has 0 bridgehead atoms. The first kappa shape index (κ1) is 85.1. The van der Waals surface area contributed by atoms with Gasteiger partial charge in [-0.15, -0.1) is 178 Å². The molecule has 0 saturated heterocycles. The smallest absolute Gasteiger partial charge is 0.155 e. The molecule has 104 heavy (non-hydrogen) atoms. The van der Waals surface area contributed by atoms with Gasteiger partial charge >= 0.3 is 0 Å². The topological polar surface area (TPSA) is 102 Å². The molecule has 527 valence electrons. The predicted octanol–water partition coefficient (Wildman–Crippen LogP) is 22.7. The Bertz CT molecular complexity index is 4630. The number of carbonyl (C=O) groups excluding carboxylic acids is 1. The van der Waals surface area contributed by atoms with Gasteiger partial charge in [0.15, 0.2) is 5.78 Å². The summed E-state index contributed by atoms with van der Waals surface area (Å²) in [7, 11) is 0. The third-order valence-electron chi connectivity index (χ3n) is 15.2. The number of rotatable bonds is 11. The van der Waals surface area contributed by atoms with E-state index in [4.69, 9.17) is 5.11 Å². The van der Waals surface area contributed by atoms with Gasteiger partial charge < -0.3 is 30.0 Å². The minimum atomic E-state index is -0.125. The molecule has 0 aliphatic rings. The zero-order chi connectivity index (χ0) is 68.6. The molecule has 0 saturated carbocycles. The zero-order valence-electron chi connectivity index (χ0n) is 57.3. The second-order valence-electron chi connectivity index (χ2n) is 22.8. The molecular weight excluding hydrogens is 2170 g/mol. The van der Waals surface area contributed by atoms with Crippen molar-refractivity contribution < 1.29 is 110 Å². The summed E-state index contributed by atoms with van der Waals surface area (Å²) in [6, 6.07) is 124. The van der Waals surface area contributed by atoms with E-state index < -0.39 is 0 Å². The third kappa shape index (κ3) is 27.2. The Balaban J connectivity index is 0.000000226. The van der Waals surface area contributed by atoms with Gasteiger partial charge in [-0.1, -0.05) is 212 Å². The number of carbonyl (C=O) groups is 1. The summed E-state index contributed by atoms with van der Waals surface area (Å²) in [5.74, 6) is -0.0625. The van der Waals surface area contributed by atoms with Gasteiger partial charge in [-0.25, -0.2) is 0 Å². The minimum Gasteiger partial charge on any atom is -0.512 e. The average molecular weight is 2240 g/mol. The number of aryl methyl sites for hydroxylation is 2. The number of benzene rings is 10.